The molecule has 1 rings (SSSR count). The van der Waals surface area contributed by atoms with Gasteiger partial charge in [-0.05, 0) is 22.0 Å². The molecule has 90 valence electrons. The number of pyridine rings is 1. The predicted molar refractivity (Wildman–Crippen MR) is 67.9 cm³/mol. The summed E-state index contributed by atoms with van der Waals surface area (Å²) in [5, 5.41) is 0. The van der Waals surface area contributed by atoms with Crippen LogP contribution in [0.15, 0.2) is 22.9 Å². The molecule has 1 aromatic rings. The maximum atomic E-state index is 5.09. The lowest BCUT2D eigenvalue weighted by Gasteiger charge is -2.23. The number of aromatic nitrogens is 1. The third-order valence-corrected chi connectivity index (χ3v) is 2.62. The van der Waals surface area contributed by atoms with Crippen molar-refractivity contribution in [2.24, 2.45) is 0 Å². The molecule has 0 unspecified atom stereocenters. The number of nitrogens with zero attached hydrogens (tertiary/aromatic N) is 2. The molecule has 0 aliphatic heterocycles. The minimum absolute atomic E-state index is 0.691. The second-order valence-electron chi connectivity index (χ2n) is 3.33. The van der Waals surface area contributed by atoms with E-state index in [1.54, 1.807) is 20.4 Å². The molecule has 0 fully saturated rings. The van der Waals surface area contributed by atoms with Crippen LogP contribution >= 0.6 is 15.9 Å². The molecule has 0 radical (unpaired) electrons. The summed E-state index contributed by atoms with van der Waals surface area (Å²) in [5.74, 6) is 0. The lowest BCUT2D eigenvalue weighted by molar-refractivity contribution is 0.190. The zero-order valence-corrected chi connectivity index (χ0v) is 11.2. The first kappa shape index (κ1) is 13.4. The maximum absolute atomic E-state index is 5.09. The predicted octanol–water partition coefficient (Wildman–Crippen LogP) is 1.94. The van der Waals surface area contributed by atoms with Gasteiger partial charge in [0.05, 0.1) is 25.1 Å². The molecular formula is C11H17BrN2O2. The molecule has 0 spiro atoms. The van der Waals surface area contributed by atoms with Crippen LogP contribution in [-0.4, -0.2) is 45.5 Å². The highest BCUT2D eigenvalue weighted by atomic mass is 79.9. The summed E-state index contributed by atoms with van der Waals surface area (Å²) in [6, 6.07) is 2.04. The van der Waals surface area contributed by atoms with Crippen LogP contribution in [0.5, 0.6) is 0 Å². The fraction of sp³-hybridized carbons (Fsp3) is 0.545. The molecule has 1 heterocycles. The number of anilines is 1. The Morgan fingerprint density at radius 2 is 1.81 bits per heavy atom. The molecule has 0 bridgehead atoms. The monoisotopic (exact) mass is 288 g/mol. The molecule has 1 aromatic heterocycles. The van der Waals surface area contributed by atoms with Gasteiger partial charge in [-0.1, -0.05) is 0 Å². The molecule has 0 saturated heterocycles. The van der Waals surface area contributed by atoms with Crippen LogP contribution in [0.2, 0.25) is 0 Å². The third-order valence-electron chi connectivity index (χ3n) is 2.19. The first-order valence-corrected chi connectivity index (χ1v) is 5.90. The average molecular weight is 289 g/mol. The van der Waals surface area contributed by atoms with Gasteiger partial charge in [0.2, 0.25) is 0 Å². The number of methoxy groups -OCH3 is 2. The molecule has 0 amide bonds. The van der Waals surface area contributed by atoms with Crippen molar-refractivity contribution in [2.75, 3.05) is 45.4 Å². The molecule has 0 atom stereocenters. The normalized spacial score (nSPS) is 10.4. The number of halogens is 1. The SMILES string of the molecule is COCCN(CCOC)c1cncc(Br)c1. The summed E-state index contributed by atoms with van der Waals surface area (Å²) in [5.41, 5.74) is 1.07. The molecule has 4 nitrogen and oxygen atoms in total. The van der Waals surface area contributed by atoms with Gasteiger partial charge in [0.15, 0.2) is 0 Å². The van der Waals surface area contributed by atoms with E-state index in [1.807, 2.05) is 12.3 Å². The van der Waals surface area contributed by atoms with Crippen molar-refractivity contribution in [3.63, 3.8) is 0 Å². The Hall–Kier alpha value is -0.650. The Morgan fingerprint density at radius 1 is 1.19 bits per heavy atom. The highest BCUT2D eigenvalue weighted by Gasteiger charge is 2.06. The quantitative estimate of drug-likeness (QED) is 0.768. The molecule has 0 aliphatic carbocycles. The van der Waals surface area contributed by atoms with Crippen molar-refractivity contribution in [2.45, 2.75) is 0 Å². The molecule has 0 N–H and O–H groups in total. The Labute approximate surface area is 105 Å². The van der Waals surface area contributed by atoms with Gasteiger partial charge >= 0.3 is 0 Å². The highest BCUT2D eigenvalue weighted by molar-refractivity contribution is 9.10. The van der Waals surface area contributed by atoms with E-state index in [1.165, 1.54) is 0 Å². The van der Waals surface area contributed by atoms with Gasteiger partial charge in [0.1, 0.15) is 0 Å². The van der Waals surface area contributed by atoms with E-state index in [4.69, 9.17) is 9.47 Å². The topological polar surface area (TPSA) is 34.6 Å². The van der Waals surface area contributed by atoms with Gasteiger partial charge in [0, 0.05) is 38.0 Å². The van der Waals surface area contributed by atoms with Crippen LogP contribution in [0.4, 0.5) is 5.69 Å². The first-order valence-electron chi connectivity index (χ1n) is 5.11. The summed E-state index contributed by atoms with van der Waals surface area (Å²) < 4.78 is 11.2. The van der Waals surface area contributed by atoms with Crippen LogP contribution in [-0.2, 0) is 9.47 Å². The number of rotatable bonds is 7. The smallest absolute Gasteiger partial charge is 0.0637 e. The third kappa shape index (κ3) is 4.47. The summed E-state index contributed by atoms with van der Waals surface area (Å²) in [7, 11) is 3.40. The number of hydrogen-bond donors (Lipinski definition) is 0. The fourth-order valence-corrected chi connectivity index (χ4v) is 1.70. The lowest BCUT2D eigenvalue weighted by atomic mass is 10.3. The molecule has 0 saturated carbocycles. The molecule has 0 aromatic carbocycles. The zero-order chi connectivity index (χ0) is 11.8. The lowest BCUT2D eigenvalue weighted by Crippen LogP contribution is -2.30. The van der Waals surface area contributed by atoms with Crippen LogP contribution in [0.3, 0.4) is 0 Å². The van der Waals surface area contributed by atoms with E-state index >= 15 is 0 Å². The summed E-state index contributed by atoms with van der Waals surface area (Å²) >= 11 is 3.42. The largest absolute Gasteiger partial charge is 0.383 e. The van der Waals surface area contributed by atoms with Gasteiger partial charge in [-0.2, -0.15) is 0 Å². The van der Waals surface area contributed by atoms with Crippen LogP contribution in [0, 0.1) is 0 Å². The van der Waals surface area contributed by atoms with E-state index in [2.05, 4.69) is 25.8 Å². The zero-order valence-electron chi connectivity index (χ0n) is 9.65. The highest BCUT2D eigenvalue weighted by Crippen LogP contribution is 2.17. The van der Waals surface area contributed by atoms with Gasteiger partial charge in [-0.15, -0.1) is 0 Å². The molecule has 0 aliphatic rings. The summed E-state index contributed by atoms with van der Waals surface area (Å²) in [6.07, 6.45) is 3.62. The van der Waals surface area contributed by atoms with Crippen molar-refractivity contribution in [3.8, 4) is 0 Å². The van der Waals surface area contributed by atoms with Gasteiger partial charge < -0.3 is 14.4 Å². The minimum Gasteiger partial charge on any atom is -0.383 e. The summed E-state index contributed by atoms with van der Waals surface area (Å²) in [4.78, 5) is 6.34. The molecule has 16 heavy (non-hydrogen) atoms. The minimum atomic E-state index is 0.691. The second kappa shape index (κ2) is 7.60. The van der Waals surface area contributed by atoms with E-state index in [-0.39, 0.29) is 0 Å². The molecular weight excluding hydrogens is 272 g/mol. The van der Waals surface area contributed by atoms with E-state index in [9.17, 15) is 0 Å². The van der Waals surface area contributed by atoms with Crippen molar-refractivity contribution in [1.29, 1.82) is 0 Å². The Kier molecular flexibility index (Phi) is 6.37. The number of hydrogen-bond acceptors (Lipinski definition) is 4. The fourth-order valence-electron chi connectivity index (χ4n) is 1.35. The van der Waals surface area contributed by atoms with Crippen LogP contribution < -0.4 is 4.90 Å². The van der Waals surface area contributed by atoms with Crippen LogP contribution in [0.1, 0.15) is 0 Å². The number of ether oxygens (including phenoxy) is 2. The standard InChI is InChI=1S/C11H17BrN2O2/c1-15-5-3-14(4-6-16-2)11-7-10(12)8-13-9-11/h7-9H,3-6H2,1-2H3. The van der Waals surface area contributed by atoms with Crippen LogP contribution in [0.25, 0.3) is 0 Å². The van der Waals surface area contributed by atoms with Crippen molar-refractivity contribution in [3.05, 3.63) is 22.9 Å². The van der Waals surface area contributed by atoms with E-state index in [0.717, 1.165) is 23.2 Å². The van der Waals surface area contributed by atoms with Gasteiger partial charge in [-0.25, -0.2) is 0 Å². The average Bonchev–Trinajstić information content (AvgIpc) is 2.29. The second-order valence-corrected chi connectivity index (χ2v) is 4.25. The first-order chi connectivity index (χ1) is 7.77. The van der Waals surface area contributed by atoms with Crippen molar-refractivity contribution >= 4 is 21.6 Å². The Morgan fingerprint density at radius 3 is 2.31 bits per heavy atom. The maximum Gasteiger partial charge on any atom is 0.0637 e. The molecule has 5 heteroatoms. The van der Waals surface area contributed by atoms with Gasteiger partial charge in [-0.3, -0.25) is 4.98 Å². The summed E-state index contributed by atoms with van der Waals surface area (Å²) in [6.45, 7) is 3.04. The van der Waals surface area contributed by atoms with Gasteiger partial charge in [0.25, 0.3) is 0 Å². The Balaban J connectivity index is 2.66. The Bertz CT molecular complexity index is 302. The van der Waals surface area contributed by atoms with E-state index < -0.39 is 0 Å². The van der Waals surface area contributed by atoms with Crippen molar-refractivity contribution in [1.82, 2.24) is 4.98 Å². The van der Waals surface area contributed by atoms with Crippen molar-refractivity contribution < 1.29 is 9.47 Å². The van der Waals surface area contributed by atoms with E-state index in [0.29, 0.717) is 13.2 Å².